The lowest BCUT2D eigenvalue weighted by atomic mass is 9.95. The second-order valence-electron chi connectivity index (χ2n) is 7.07. The van der Waals surface area contributed by atoms with E-state index in [0.29, 0.717) is 23.7 Å². The van der Waals surface area contributed by atoms with Crippen molar-refractivity contribution in [3.8, 4) is 0 Å². The van der Waals surface area contributed by atoms with Crippen LogP contribution in [0.1, 0.15) is 55.7 Å². The van der Waals surface area contributed by atoms with E-state index in [0.717, 1.165) is 23.9 Å². The Hall–Kier alpha value is -1.95. The number of nitrogens with two attached hydrogens (primary N) is 1. The number of aromatic nitrogens is 3. The summed E-state index contributed by atoms with van der Waals surface area (Å²) < 4.78 is 1.87. The highest BCUT2D eigenvalue weighted by Crippen LogP contribution is 2.39. The number of pyridine rings is 1. The van der Waals surface area contributed by atoms with Crippen molar-refractivity contribution in [3.05, 3.63) is 23.5 Å². The Balaban J connectivity index is 1.93. The van der Waals surface area contributed by atoms with Crippen molar-refractivity contribution in [1.29, 1.82) is 0 Å². The zero-order valence-electron chi connectivity index (χ0n) is 14.3. The first kappa shape index (κ1) is 15.9. The topological polar surface area (TPSA) is 85.8 Å². The van der Waals surface area contributed by atoms with Gasteiger partial charge in [-0.3, -0.25) is 4.79 Å². The first-order valence-corrected chi connectivity index (χ1v) is 8.23. The van der Waals surface area contributed by atoms with E-state index in [1.165, 1.54) is 0 Å². The number of carbonyl (C=O) groups excluding carboxylic acids is 1. The molecule has 1 atom stereocenters. The molecule has 1 amide bonds. The molecule has 1 unspecified atom stereocenters. The van der Waals surface area contributed by atoms with Crippen LogP contribution in [0, 0.1) is 12.8 Å². The van der Waals surface area contributed by atoms with Gasteiger partial charge in [0.1, 0.15) is 0 Å². The second kappa shape index (κ2) is 5.60. The number of nitrogens with zero attached hydrogens (tertiary/aromatic N) is 3. The number of hydrogen-bond acceptors (Lipinski definition) is 4. The molecule has 0 bridgehead atoms. The first-order chi connectivity index (χ1) is 10.9. The molecule has 1 saturated carbocycles. The van der Waals surface area contributed by atoms with E-state index >= 15 is 0 Å². The minimum Gasteiger partial charge on any atom is -0.345 e. The third-order valence-electron chi connectivity index (χ3n) is 4.79. The van der Waals surface area contributed by atoms with Crippen LogP contribution in [0.4, 0.5) is 0 Å². The van der Waals surface area contributed by atoms with Crippen LogP contribution in [0.25, 0.3) is 11.0 Å². The highest BCUT2D eigenvalue weighted by Gasteiger charge is 2.41. The van der Waals surface area contributed by atoms with Gasteiger partial charge in [-0.1, -0.05) is 0 Å². The number of aryl methyl sites for hydroxylation is 1. The first-order valence-electron chi connectivity index (χ1n) is 8.23. The molecule has 6 nitrogen and oxygen atoms in total. The van der Waals surface area contributed by atoms with Gasteiger partial charge in [0.05, 0.1) is 23.0 Å². The SMILES string of the molecule is Cc1nc2c(cnn2C(C)C)cc1C(=O)NC(C)(CN)C1CC1. The molecule has 0 aliphatic heterocycles. The summed E-state index contributed by atoms with van der Waals surface area (Å²) in [6, 6.07) is 2.11. The van der Waals surface area contributed by atoms with E-state index in [9.17, 15) is 4.79 Å². The average Bonchev–Trinajstić information content (AvgIpc) is 3.27. The number of rotatable bonds is 5. The molecule has 1 aliphatic rings. The molecule has 124 valence electrons. The predicted molar refractivity (Wildman–Crippen MR) is 90.3 cm³/mol. The van der Waals surface area contributed by atoms with E-state index in [1.807, 2.05) is 24.6 Å². The fraction of sp³-hybridized carbons (Fsp3) is 0.588. The van der Waals surface area contributed by atoms with E-state index in [2.05, 4.69) is 29.2 Å². The number of nitrogens with one attached hydrogen (secondary N) is 1. The summed E-state index contributed by atoms with van der Waals surface area (Å²) in [4.78, 5) is 17.3. The Morgan fingerprint density at radius 1 is 1.52 bits per heavy atom. The molecule has 3 rings (SSSR count). The largest absolute Gasteiger partial charge is 0.345 e. The van der Waals surface area contributed by atoms with E-state index in [-0.39, 0.29) is 17.5 Å². The number of amides is 1. The molecule has 1 fully saturated rings. The van der Waals surface area contributed by atoms with Gasteiger partial charge in [-0.05, 0) is 52.5 Å². The minimum absolute atomic E-state index is 0.103. The molecule has 2 heterocycles. The molecule has 0 radical (unpaired) electrons. The summed E-state index contributed by atoms with van der Waals surface area (Å²) in [5, 5.41) is 8.38. The Morgan fingerprint density at radius 3 is 2.78 bits per heavy atom. The third kappa shape index (κ3) is 2.83. The molecular formula is C17H25N5O. The van der Waals surface area contributed by atoms with E-state index < -0.39 is 0 Å². The van der Waals surface area contributed by atoms with Gasteiger partial charge in [0, 0.05) is 18.0 Å². The lowest BCUT2D eigenvalue weighted by Gasteiger charge is -2.29. The summed E-state index contributed by atoms with van der Waals surface area (Å²) in [5.41, 5.74) is 7.69. The molecule has 6 heteroatoms. The van der Waals surface area contributed by atoms with Crippen molar-refractivity contribution < 1.29 is 4.79 Å². The average molecular weight is 315 g/mol. The Kier molecular flexibility index (Phi) is 3.88. The zero-order chi connectivity index (χ0) is 16.8. The minimum atomic E-state index is -0.333. The lowest BCUT2D eigenvalue weighted by Crippen LogP contribution is -2.53. The molecule has 2 aromatic heterocycles. The lowest BCUT2D eigenvalue weighted by molar-refractivity contribution is 0.0897. The third-order valence-corrected chi connectivity index (χ3v) is 4.79. The maximum absolute atomic E-state index is 12.7. The summed E-state index contributed by atoms with van der Waals surface area (Å²) in [6.07, 6.45) is 4.03. The Labute approximate surface area is 136 Å². The Bertz CT molecular complexity index is 747. The summed E-state index contributed by atoms with van der Waals surface area (Å²) in [5.74, 6) is 0.381. The van der Waals surface area contributed by atoms with Crippen molar-refractivity contribution in [1.82, 2.24) is 20.1 Å². The molecule has 3 N–H and O–H groups in total. The summed E-state index contributed by atoms with van der Waals surface area (Å²) >= 11 is 0. The van der Waals surface area contributed by atoms with E-state index in [1.54, 1.807) is 6.20 Å². The number of fused-ring (bicyclic) bond motifs is 1. The fourth-order valence-electron chi connectivity index (χ4n) is 3.04. The Morgan fingerprint density at radius 2 is 2.22 bits per heavy atom. The maximum Gasteiger partial charge on any atom is 0.253 e. The molecule has 2 aromatic rings. The van der Waals surface area contributed by atoms with Crippen molar-refractivity contribution >= 4 is 16.9 Å². The predicted octanol–water partition coefficient (Wildman–Crippen LogP) is 2.18. The van der Waals surface area contributed by atoms with Crippen molar-refractivity contribution in [2.75, 3.05) is 6.54 Å². The zero-order valence-corrected chi connectivity index (χ0v) is 14.3. The van der Waals surface area contributed by atoms with Crippen LogP contribution in [-0.4, -0.2) is 32.8 Å². The van der Waals surface area contributed by atoms with Gasteiger partial charge in [-0.25, -0.2) is 9.67 Å². The van der Waals surface area contributed by atoms with Gasteiger partial charge >= 0.3 is 0 Å². The standard InChI is InChI=1S/C17H25N5O/c1-10(2)22-15-12(8-19-22)7-14(11(3)20-15)16(23)21-17(4,9-18)13-5-6-13/h7-8,10,13H,5-6,9,18H2,1-4H3,(H,21,23). The van der Waals surface area contributed by atoms with Crippen LogP contribution >= 0.6 is 0 Å². The fourth-order valence-corrected chi connectivity index (χ4v) is 3.04. The van der Waals surface area contributed by atoms with Gasteiger partial charge in [-0.2, -0.15) is 5.10 Å². The molecule has 23 heavy (non-hydrogen) atoms. The van der Waals surface area contributed by atoms with Crippen LogP contribution in [0.5, 0.6) is 0 Å². The maximum atomic E-state index is 12.7. The van der Waals surface area contributed by atoms with Gasteiger partial charge in [-0.15, -0.1) is 0 Å². The molecule has 0 spiro atoms. The summed E-state index contributed by atoms with van der Waals surface area (Å²) in [7, 11) is 0. The van der Waals surface area contributed by atoms with Crippen LogP contribution in [-0.2, 0) is 0 Å². The molecule has 1 aliphatic carbocycles. The van der Waals surface area contributed by atoms with Crippen LogP contribution < -0.4 is 11.1 Å². The highest BCUT2D eigenvalue weighted by molar-refractivity contribution is 5.98. The molecular weight excluding hydrogens is 290 g/mol. The molecule has 0 aromatic carbocycles. The van der Waals surface area contributed by atoms with Crippen LogP contribution in [0.2, 0.25) is 0 Å². The normalized spacial score (nSPS) is 17.5. The second-order valence-corrected chi connectivity index (χ2v) is 7.07. The van der Waals surface area contributed by atoms with Gasteiger partial charge in [0.25, 0.3) is 5.91 Å². The van der Waals surface area contributed by atoms with Crippen LogP contribution in [0.3, 0.4) is 0 Å². The number of hydrogen-bond donors (Lipinski definition) is 2. The van der Waals surface area contributed by atoms with E-state index in [4.69, 9.17) is 5.73 Å². The van der Waals surface area contributed by atoms with Gasteiger partial charge < -0.3 is 11.1 Å². The van der Waals surface area contributed by atoms with Gasteiger partial charge in [0.15, 0.2) is 5.65 Å². The summed E-state index contributed by atoms with van der Waals surface area (Å²) in [6.45, 7) is 8.46. The van der Waals surface area contributed by atoms with Crippen molar-refractivity contribution in [3.63, 3.8) is 0 Å². The smallest absolute Gasteiger partial charge is 0.253 e. The highest BCUT2D eigenvalue weighted by atomic mass is 16.1. The number of carbonyl (C=O) groups is 1. The van der Waals surface area contributed by atoms with Crippen LogP contribution in [0.15, 0.2) is 12.3 Å². The van der Waals surface area contributed by atoms with Crippen molar-refractivity contribution in [2.24, 2.45) is 11.7 Å². The van der Waals surface area contributed by atoms with Crippen molar-refractivity contribution in [2.45, 2.75) is 52.1 Å². The monoisotopic (exact) mass is 315 g/mol. The van der Waals surface area contributed by atoms with Gasteiger partial charge in [0.2, 0.25) is 0 Å². The quantitative estimate of drug-likeness (QED) is 0.885. The molecule has 0 saturated heterocycles.